The fraction of sp³-hybridized carbons (Fsp3) is 0.200. The Hall–Kier alpha value is -2.46. The van der Waals surface area contributed by atoms with Gasteiger partial charge in [0, 0.05) is 5.56 Å². The van der Waals surface area contributed by atoms with Gasteiger partial charge < -0.3 is 4.74 Å². The van der Waals surface area contributed by atoms with E-state index >= 15 is 0 Å². The molecule has 4 heteroatoms. The van der Waals surface area contributed by atoms with Crippen LogP contribution in [0.2, 0.25) is 0 Å². The van der Waals surface area contributed by atoms with Crippen molar-refractivity contribution in [3.05, 3.63) is 70.2 Å². The molecule has 0 fully saturated rings. The number of carbonyl (C=O) groups is 1. The van der Waals surface area contributed by atoms with Crippen LogP contribution >= 0.6 is 11.3 Å². The van der Waals surface area contributed by atoms with E-state index in [2.05, 4.69) is 4.98 Å². The molecule has 0 unspecified atom stereocenters. The molecule has 0 aliphatic rings. The summed E-state index contributed by atoms with van der Waals surface area (Å²) in [5.74, 6) is 0.724. The maximum absolute atomic E-state index is 12.5. The zero-order valence-electron chi connectivity index (χ0n) is 14.0. The Morgan fingerprint density at radius 3 is 2.54 bits per heavy atom. The highest BCUT2D eigenvalue weighted by molar-refractivity contribution is 7.17. The smallest absolute Gasteiger partial charge is 0.212 e. The number of nitrogens with zero attached hydrogens (tertiary/aromatic N) is 1. The fourth-order valence-electron chi connectivity index (χ4n) is 2.45. The molecule has 0 N–H and O–H groups in total. The Morgan fingerprint density at radius 2 is 1.79 bits per heavy atom. The summed E-state index contributed by atoms with van der Waals surface area (Å²) >= 11 is 1.42. The van der Waals surface area contributed by atoms with Gasteiger partial charge in [0.2, 0.25) is 5.78 Å². The maximum atomic E-state index is 12.5. The van der Waals surface area contributed by atoms with E-state index in [1.165, 1.54) is 11.3 Å². The summed E-state index contributed by atoms with van der Waals surface area (Å²) < 4.78 is 5.73. The van der Waals surface area contributed by atoms with Crippen molar-refractivity contribution in [2.75, 3.05) is 6.61 Å². The van der Waals surface area contributed by atoms with Crippen molar-refractivity contribution in [1.29, 1.82) is 0 Å². The summed E-state index contributed by atoms with van der Waals surface area (Å²) in [5.41, 5.74) is 4.00. The number of aryl methyl sites for hydroxylation is 2. The largest absolute Gasteiger partial charge is 0.485 e. The number of hydrogen-bond acceptors (Lipinski definition) is 4. The summed E-state index contributed by atoms with van der Waals surface area (Å²) in [7, 11) is 0. The predicted molar refractivity (Wildman–Crippen MR) is 98.0 cm³/mol. The first-order valence-electron chi connectivity index (χ1n) is 7.81. The number of ketones is 1. The maximum Gasteiger partial charge on any atom is 0.212 e. The standard InChI is InChI=1S/C20H19NO2S/c1-13-8-7-11-18(14(13)2)23-12-17(22)19-15(3)21-20(24-19)16-9-5-4-6-10-16/h4-11H,12H2,1-3H3. The van der Waals surface area contributed by atoms with Gasteiger partial charge in [0.15, 0.2) is 6.61 Å². The van der Waals surface area contributed by atoms with Crippen molar-refractivity contribution in [3.63, 3.8) is 0 Å². The topological polar surface area (TPSA) is 39.2 Å². The lowest BCUT2D eigenvalue weighted by atomic mass is 10.1. The van der Waals surface area contributed by atoms with Gasteiger partial charge >= 0.3 is 0 Å². The molecule has 0 aliphatic carbocycles. The molecule has 0 atom stereocenters. The molecule has 3 nitrogen and oxygen atoms in total. The van der Waals surface area contributed by atoms with Crippen molar-refractivity contribution in [3.8, 4) is 16.3 Å². The number of carbonyl (C=O) groups excluding carboxylic acids is 1. The third kappa shape index (κ3) is 3.39. The molecular formula is C20H19NO2S. The molecule has 1 aromatic heterocycles. The normalized spacial score (nSPS) is 10.6. The Bertz CT molecular complexity index is 869. The van der Waals surface area contributed by atoms with Gasteiger partial charge in [-0.2, -0.15) is 0 Å². The van der Waals surface area contributed by atoms with E-state index < -0.39 is 0 Å². The van der Waals surface area contributed by atoms with Crippen molar-refractivity contribution in [2.24, 2.45) is 0 Å². The molecule has 24 heavy (non-hydrogen) atoms. The molecule has 122 valence electrons. The van der Waals surface area contributed by atoms with Crippen molar-refractivity contribution in [2.45, 2.75) is 20.8 Å². The third-order valence-corrected chi connectivity index (χ3v) is 5.23. The third-order valence-electron chi connectivity index (χ3n) is 3.98. The molecule has 0 spiro atoms. The van der Waals surface area contributed by atoms with E-state index in [9.17, 15) is 4.79 Å². The molecule has 0 bridgehead atoms. The first-order chi connectivity index (χ1) is 11.6. The van der Waals surface area contributed by atoms with Crippen LogP contribution in [0.4, 0.5) is 0 Å². The van der Waals surface area contributed by atoms with Crippen LogP contribution in [0.1, 0.15) is 26.5 Å². The number of hydrogen-bond donors (Lipinski definition) is 0. The summed E-state index contributed by atoms with van der Waals surface area (Å²) in [6.45, 7) is 5.93. The van der Waals surface area contributed by atoms with E-state index in [0.717, 1.165) is 33.1 Å². The van der Waals surface area contributed by atoms with Gasteiger partial charge in [0.05, 0.1) is 10.6 Å². The lowest BCUT2D eigenvalue weighted by Gasteiger charge is -2.09. The van der Waals surface area contributed by atoms with Gasteiger partial charge in [-0.05, 0) is 38.0 Å². The molecule has 2 aromatic carbocycles. The lowest BCUT2D eigenvalue weighted by molar-refractivity contribution is 0.0924. The fourth-order valence-corrected chi connectivity index (χ4v) is 3.44. The molecule has 3 rings (SSSR count). The van der Waals surface area contributed by atoms with E-state index in [4.69, 9.17) is 4.74 Å². The van der Waals surface area contributed by atoms with Crippen molar-refractivity contribution in [1.82, 2.24) is 4.98 Å². The quantitative estimate of drug-likeness (QED) is 0.615. The Labute approximate surface area is 146 Å². The van der Waals surface area contributed by atoms with Gasteiger partial charge in [-0.25, -0.2) is 4.98 Å². The van der Waals surface area contributed by atoms with Crippen LogP contribution in [0.5, 0.6) is 5.75 Å². The highest BCUT2D eigenvalue weighted by Gasteiger charge is 2.17. The van der Waals surface area contributed by atoms with E-state index in [1.807, 2.05) is 69.3 Å². The molecule has 0 saturated carbocycles. The van der Waals surface area contributed by atoms with Gasteiger partial charge in [0.25, 0.3) is 0 Å². The highest BCUT2D eigenvalue weighted by Crippen LogP contribution is 2.28. The van der Waals surface area contributed by atoms with Gasteiger partial charge in [-0.3, -0.25) is 4.79 Å². The molecule has 0 radical (unpaired) electrons. The lowest BCUT2D eigenvalue weighted by Crippen LogP contribution is -2.12. The first kappa shape index (κ1) is 16.4. The molecule has 0 saturated heterocycles. The number of aromatic nitrogens is 1. The second kappa shape index (κ2) is 6.97. The van der Waals surface area contributed by atoms with Crippen LogP contribution in [0.3, 0.4) is 0 Å². The zero-order valence-corrected chi connectivity index (χ0v) is 14.8. The van der Waals surface area contributed by atoms with Crippen molar-refractivity contribution < 1.29 is 9.53 Å². The summed E-state index contributed by atoms with van der Waals surface area (Å²) in [6.07, 6.45) is 0. The van der Waals surface area contributed by atoms with Gasteiger partial charge in [0.1, 0.15) is 10.8 Å². The van der Waals surface area contributed by atoms with E-state index in [1.54, 1.807) is 0 Å². The van der Waals surface area contributed by atoms with Crippen LogP contribution in [0.15, 0.2) is 48.5 Å². The minimum Gasteiger partial charge on any atom is -0.485 e. The summed E-state index contributed by atoms with van der Waals surface area (Å²) in [6, 6.07) is 15.8. The first-order valence-corrected chi connectivity index (χ1v) is 8.63. The number of benzene rings is 2. The molecule has 1 heterocycles. The minimum atomic E-state index is -0.0342. The Kier molecular flexibility index (Phi) is 4.76. The van der Waals surface area contributed by atoms with Crippen LogP contribution < -0.4 is 4.74 Å². The van der Waals surface area contributed by atoms with Gasteiger partial charge in [-0.15, -0.1) is 11.3 Å². The second-order valence-corrected chi connectivity index (χ2v) is 6.71. The predicted octanol–water partition coefficient (Wildman–Crippen LogP) is 5.00. The van der Waals surface area contributed by atoms with Gasteiger partial charge in [-0.1, -0.05) is 42.5 Å². The molecule has 3 aromatic rings. The Morgan fingerprint density at radius 1 is 1.04 bits per heavy atom. The molecule has 0 aliphatic heterocycles. The van der Waals surface area contributed by atoms with E-state index in [0.29, 0.717) is 4.88 Å². The number of thiazole rings is 1. The molecule has 0 amide bonds. The average Bonchev–Trinajstić information content (AvgIpc) is 2.99. The Balaban J connectivity index is 1.76. The monoisotopic (exact) mass is 337 g/mol. The SMILES string of the molecule is Cc1cccc(OCC(=O)c2sc(-c3ccccc3)nc2C)c1C. The zero-order chi connectivity index (χ0) is 17.1. The van der Waals surface area contributed by atoms with Crippen LogP contribution in [-0.2, 0) is 0 Å². The van der Waals surface area contributed by atoms with Crippen LogP contribution in [-0.4, -0.2) is 17.4 Å². The molecular weight excluding hydrogens is 318 g/mol. The number of ether oxygens (including phenoxy) is 1. The summed E-state index contributed by atoms with van der Waals surface area (Å²) in [4.78, 5) is 17.7. The van der Waals surface area contributed by atoms with Crippen molar-refractivity contribution >= 4 is 17.1 Å². The number of rotatable bonds is 5. The number of Topliss-reactive ketones (excluding diaryl/α,β-unsaturated/α-hetero) is 1. The second-order valence-electron chi connectivity index (χ2n) is 5.71. The minimum absolute atomic E-state index is 0.0293. The summed E-state index contributed by atoms with van der Waals surface area (Å²) in [5, 5.41) is 0.864. The van der Waals surface area contributed by atoms with E-state index in [-0.39, 0.29) is 12.4 Å². The highest BCUT2D eigenvalue weighted by atomic mass is 32.1. The average molecular weight is 337 g/mol. The van der Waals surface area contributed by atoms with Crippen LogP contribution in [0, 0.1) is 20.8 Å². The van der Waals surface area contributed by atoms with Crippen LogP contribution in [0.25, 0.3) is 10.6 Å².